The molecule has 1 amide bonds. The van der Waals surface area contributed by atoms with E-state index in [9.17, 15) is 9.59 Å². The zero-order valence-corrected chi connectivity index (χ0v) is 22.4. The number of fused-ring (bicyclic) bond motifs is 2. The maximum absolute atomic E-state index is 13.2. The van der Waals surface area contributed by atoms with Crippen molar-refractivity contribution < 1.29 is 9.53 Å². The van der Waals surface area contributed by atoms with E-state index in [0.29, 0.717) is 43.6 Å². The van der Waals surface area contributed by atoms with Crippen molar-refractivity contribution in [2.45, 2.75) is 52.2 Å². The Morgan fingerprint density at radius 1 is 1.00 bits per heavy atom. The van der Waals surface area contributed by atoms with E-state index in [4.69, 9.17) is 4.74 Å². The first-order chi connectivity index (χ1) is 19.0. The van der Waals surface area contributed by atoms with Gasteiger partial charge in [-0.2, -0.15) is 0 Å². The maximum Gasteiger partial charge on any atom is 0.274 e. The van der Waals surface area contributed by atoms with E-state index in [-0.39, 0.29) is 11.5 Å². The van der Waals surface area contributed by atoms with Crippen LogP contribution in [0.1, 0.15) is 47.9 Å². The molecule has 39 heavy (non-hydrogen) atoms. The molecular formula is C32H34N4O3. The number of nitrogens with zero attached hydrogens (tertiary/aromatic N) is 3. The number of hydrogen-bond donors (Lipinski definition) is 1. The van der Waals surface area contributed by atoms with Crippen LogP contribution in [0.25, 0.3) is 6.58 Å². The van der Waals surface area contributed by atoms with Gasteiger partial charge in [-0.05, 0) is 54.5 Å². The average molecular weight is 523 g/mol. The molecule has 7 heteroatoms. The van der Waals surface area contributed by atoms with E-state index in [0.717, 1.165) is 53.0 Å². The van der Waals surface area contributed by atoms with E-state index in [1.807, 2.05) is 54.3 Å². The predicted octanol–water partition coefficient (Wildman–Crippen LogP) is 4.38. The molecular weight excluding hydrogens is 488 g/mol. The minimum absolute atomic E-state index is 0.170. The van der Waals surface area contributed by atoms with Crippen molar-refractivity contribution in [3.8, 4) is 5.75 Å². The smallest absolute Gasteiger partial charge is 0.274 e. The minimum atomic E-state index is -0.212. The van der Waals surface area contributed by atoms with Crippen molar-refractivity contribution in [2.24, 2.45) is 4.99 Å². The molecule has 0 saturated heterocycles. The monoisotopic (exact) mass is 522 g/mol. The fourth-order valence-electron chi connectivity index (χ4n) is 4.89. The summed E-state index contributed by atoms with van der Waals surface area (Å²) in [6.07, 6.45) is 3.10. The van der Waals surface area contributed by atoms with Crippen molar-refractivity contribution in [3.05, 3.63) is 116 Å². The molecule has 2 heterocycles. The Labute approximate surface area is 228 Å². The fourth-order valence-corrected chi connectivity index (χ4v) is 4.89. The van der Waals surface area contributed by atoms with Gasteiger partial charge in [0.2, 0.25) is 11.5 Å². The lowest BCUT2D eigenvalue weighted by Gasteiger charge is -2.23. The Morgan fingerprint density at radius 3 is 2.33 bits per heavy atom. The minimum Gasteiger partial charge on any atom is -0.493 e. The van der Waals surface area contributed by atoms with E-state index >= 15 is 0 Å². The van der Waals surface area contributed by atoms with Gasteiger partial charge >= 0.3 is 0 Å². The van der Waals surface area contributed by atoms with Gasteiger partial charge in [-0.15, -0.1) is 0 Å². The molecule has 1 aliphatic rings. The summed E-state index contributed by atoms with van der Waals surface area (Å²) >= 11 is 0. The van der Waals surface area contributed by atoms with Crippen LogP contribution in [-0.4, -0.2) is 27.0 Å². The number of unbranched alkanes of at least 4 members (excludes halogenated alkanes) is 2. The molecule has 0 radical (unpaired) electrons. The number of aromatic amines is 1. The number of imidazole rings is 1. The van der Waals surface area contributed by atoms with E-state index < -0.39 is 0 Å². The molecule has 3 aromatic carbocycles. The van der Waals surface area contributed by atoms with Crippen LogP contribution >= 0.6 is 0 Å². The summed E-state index contributed by atoms with van der Waals surface area (Å²) in [6, 6.07) is 24.3. The number of hydrogen-bond acceptors (Lipinski definition) is 4. The third kappa shape index (κ3) is 6.37. The lowest BCUT2D eigenvalue weighted by atomic mass is 10.1. The van der Waals surface area contributed by atoms with Crippen LogP contribution < -0.4 is 21.3 Å². The van der Waals surface area contributed by atoms with Crippen LogP contribution in [0.15, 0.2) is 82.6 Å². The molecule has 1 N–H and O–H groups in total. The summed E-state index contributed by atoms with van der Waals surface area (Å²) in [5, 5.41) is 0.416. The number of aromatic nitrogens is 2. The number of ether oxygens (including phenoxy) is 1. The molecule has 0 spiro atoms. The van der Waals surface area contributed by atoms with E-state index in [1.165, 1.54) is 0 Å². The van der Waals surface area contributed by atoms with Crippen LogP contribution in [0.3, 0.4) is 0 Å². The summed E-state index contributed by atoms with van der Waals surface area (Å²) < 4.78 is 7.88. The molecule has 200 valence electrons. The maximum atomic E-state index is 13.2. The molecule has 0 unspecified atom stereocenters. The molecule has 0 saturated carbocycles. The largest absolute Gasteiger partial charge is 0.493 e. The number of H-pyrrole nitrogens is 1. The van der Waals surface area contributed by atoms with Gasteiger partial charge in [0.05, 0.1) is 18.8 Å². The van der Waals surface area contributed by atoms with Gasteiger partial charge in [-0.1, -0.05) is 67.2 Å². The number of rotatable bonds is 11. The van der Waals surface area contributed by atoms with Crippen LogP contribution in [0.5, 0.6) is 5.75 Å². The van der Waals surface area contributed by atoms with Crippen molar-refractivity contribution in [1.29, 1.82) is 0 Å². The number of carbonyl (C=O) groups excluding carboxylic acids is 1. The highest BCUT2D eigenvalue weighted by atomic mass is 16.5. The summed E-state index contributed by atoms with van der Waals surface area (Å²) in [4.78, 5) is 34.4. The van der Waals surface area contributed by atoms with Gasteiger partial charge in [0.15, 0.2) is 0 Å². The molecule has 1 aromatic heterocycles. The normalized spacial score (nSPS) is 11.8. The van der Waals surface area contributed by atoms with Crippen LogP contribution in [-0.2, 0) is 24.4 Å². The molecule has 4 aromatic rings. The van der Waals surface area contributed by atoms with Gasteiger partial charge in [0.1, 0.15) is 11.1 Å². The first-order valence-corrected chi connectivity index (χ1v) is 13.5. The molecule has 5 rings (SSSR count). The Balaban J connectivity index is 1.12. The Hall–Kier alpha value is -4.39. The first-order valence-electron chi connectivity index (χ1n) is 13.5. The number of carbonyl (C=O) groups is 1. The van der Waals surface area contributed by atoms with Crippen LogP contribution in [0.2, 0.25) is 0 Å². The summed E-state index contributed by atoms with van der Waals surface area (Å²) in [5.41, 5.74) is 5.45. The zero-order valence-electron chi connectivity index (χ0n) is 22.4. The average Bonchev–Trinajstić information content (AvgIpc) is 3.22. The molecule has 7 nitrogen and oxygen atoms in total. The van der Waals surface area contributed by atoms with Crippen LogP contribution in [0.4, 0.5) is 5.69 Å². The second-order valence-electron chi connectivity index (χ2n) is 10.0. The van der Waals surface area contributed by atoms with Gasteiger partial charge < -0.3 is 14.2 Å². The van der Waals surface area contributed by atoms with Crippen LogP contribution in [0, 0.1) is 6.92 Å². The molecule has 0 bridgehead atoms. The summed E-state index contributed by atoms with van der Waals surface area (Å²) in [5.74, 6) is 0.965. The van der Waals surface area contributed by atoms with Crippen molar-refractivity contribution in [1.82, 2.24) is 14.5 Å². The second-order valence-corrected chi connectivity index (χ2v) is 10.0. The highest BCUT2D eigenvalue weighted by Gasteiger charge is 2.16. The van der Waals surface area contributed by atoms with Gasteiger partial charge in [0, 0.05) is 25.6 Å². The Kier molecular flexibility index (Phi) is 8.06. The third-order valence-electron chi connectivity index (χ3n) is 7.08. The molecule has 0 aliphatic carbocycles. The molecule has 0 atom stereocenters. The van der Waals surface area contributed by atoms with Crippen molar-refractivity contribution in [2.75, 3.05) is 6.61 Å². The fraction of sp³-hybridized carbons (Fsp3) is 0.281. The zero-order chi connectivity index (χ0) is 27.2. The predicted molar refractivity (Wildman–Crippen MR) is 152 cm³/mol. The summed E-state index contributed by atoms with van der Waals surface area (Å²) in [6.45, 7) is 8.20. The molecule has 1 aliphatic heterocycles. The van der Waals surface area contributed by atoms with Gasteiger partial charge in [-0.3, -0.25) is 14.6 Å². The Bertz CT molecular complexity index is 1570. The van der Waals surface area contributed by atoms with Gasteiger partial charge in [-0.25, -0.2) is 4.99 Å². The lowest BCUT2D eigenvalue weighted by Crippen LogP contribution is -2.32. The van der Waals surface area contributed by atoms with E-state index in [2.05, 4.69) is 46.9 Å². The van der Waals surface area contributed by atoms with Gasteiger partial charge in [0.25, 0.3) is 5.56 Å². The molecule has 0 fully saturated rings. The quantitative estimate of drug-likeness (QED) is 0.262. The van der Waals surface area contributed by atoms with E-state index in [1.54, 1.807) is 4.57 Å². The first kappa shape index (κ1) is 26.2. The summed E-state index contributed by atoms with van der Waals surface area (Å²) in [7, 11) is 0. The SMILES string of the molecule is C=c1c(=O)[nH]c2n1Cc1cc(C)c(OCCCCCC(=O)N(Cc3ccccc3)Cc3ccccc3)cc1N=2. The number of benzene rings is 3. The third-order valence-corrected chi connectivity index (χ3v) is 7.08. The van der Waals surface area contributed by atoms with Crippen molar-refractivity contribution in [3.63, 3.8) is 0 Å². The highest BCUT2D eigenvalue weighted by molar-refractivity contribution is 5.76. The lowest BCUT2D eigenvalue weighted by molar-refractivity contribution is -0.132. The standard InChI is InChI=1S/C32H34N4O3/c1-23-18-27-22-36-24(2)31(38)34-32(36)33-28(27)19-29(23)39-17-11-5-10-16-30(37)35(20-25-12-6-3-7-13-25)21-26-14-8-4-9-15-26/h3-4,6-9,12-15,18-19H,2,5,10-11,16-17,20-22H2,1H3,(H,33,34,38). The van der Waals surface area contributed by atoms with Crippen molar-refractivity contribution >= 4 is 18.2 Å². The second kappa shape index (κ2) is 12.0. The highest BCUT2D eigenvalue weighted by Crippen LogP contribution is 2.30. The number of nitrogens with one attached hydrogen (secondary N) is 1. The topological polar surface area (TPSA) is 79.7 Å². The Morgan fingerprint density at radius 2 is 1.67 bits per heavy atom. The number of aryl methyl sites for hydroxylation is 1. The number of amides is 1.